The van der Waals surface area contributed by atoms with Crippen molar-refractivity contribution in [3.05, 3.63) is 24.2 Å². The Morgan fingerprint density at radius 3 is 2.93 bits per heavy atom. The number of nitrogens with two attached hydrogens (primary N) is 1. The minimum absolute atomic E-state index is 0.0249. The second-order valence-corrected chi connectivity index (χ2v) is 2.97. The number of furan rings is 1. The van der Waals surface area contributed by atoms with E-state index in [4.69, 9.17) is 10.2 Å². The summed E-state index contributed by atoms with van der Waals surface area (Å²) in [4.78, 5) is 10.4. The normalized spacial score (nSPS) is 13.7. The van der Waals surface area contributed by atoms with Crippen LogP contribution in [0.1, 0.15) is 25.5 Å². The third-order valence-corrected chi connectivity index (χ3v) is 1.94. The van der Waals surface area contributed by atoms with Gasteiger partial charge in [-0.25, -0.2) is 10.2 Å². The van der Waals surface area contributed by atoms with E-state index >= 15 is 0 Å². The summed E-state index contributed by atoms with van der Waals surface area (Å²) in [6, 6.07) is 2.99. The molecule has 0 fully saturated rings. The molecule has 0 aliphatic carbocycles. The van der Waals surface area contributed by atoms with Gasteiger partial charge in [0, 0.05) is 5.71 Å². The van der Waals surface area contributed by atoms with Gasteiger partial charge in [0.25, 0.3) is 0 Å². The van der Waals surface area contributed by atoms with E-state index in [0.717, 1.165) is 11.5 Å². The smallest absolute Gasteiger partial charge is 0.332 e. The van der Waals surface area contributed by atoms with E-state index in [2.05, 4.69) is 10.5 Å². The minimum atomic E-state index is -0.670. The van der Waals surface area contributed by atoms with Crippen LogP contribution in [-0.2, 0) is 0 Å². The van der Waals surface area contributed by atoms with Crippen molar-refractivity contribution < 1.29 is 9.21 Å². The van der Waals surface area contributed by atoms with Crippen molar-refractivity contribution in [2.45, 2.75) is 19.8 Å². The summed E-state index contributed by atoms with van der Waals surface area (Å²) >= 11 is 0. The molecule has 1 aromatic heterocycles. The number of hydrogen-bond acceptors (Lipinski definition) is 3. The second kappa shape index (κ2) is 4.45. The molecule has 3 N–H and O–H groups in total. The van der Waals surface area contributed by atoms with Crippen molar-refractivity contribution in [1.82, 2.24) is 5.43 Å². The number of amides is 2. The zero-order valence-electron chi connectivity index (χ0n) is 8.15. The maximum absolute atomic E-state index is 10.4. The van der Waals surface area contributed by atoms with Crippen molar-refractivity contribution in [3.63, 3.8) is 0 Å². The number of primary amides is 1. The van der Waals surface area contributed by atoms with Crippen molar-refractivity contribution in [3.8, 4) is 0 Å². The van der Waals surface area contributed by atoms with Gasteiger partial charge in [-0.15, -0.1) is 0 Å². The number of nitrogens with one attached hydrogen (secondary N) is 1. The highest BCUT2D eigenvalue weighted by molar-refractivity contribution is 5.88. The summed E-state index contributed by atoms with van der Waals surface area (Å²) in [6.45, 7) is 3.73. The van der Waals surface area contributed by atoms with Crippen LogP contribution in [0, 0.1) is 0 Å². The Kier molecular flexibility index (Phi) is 3.28. The van der Waals surface area contributed by atoms with E-state index < -0.39 is 6.03 Å². The second-order valence-electron chi connectivity index (χ2n) is 2.97. The fourth-order valence-corrected chi connectivity index (χ4v) is 0.984. The van der Waals surface area contributed by atoms with Gasteiger partial charge >= 0.3 is 6.03 Å². The molecule has 76 valence electrons. The lowest BCUT2D eigenvalue weighted by Crippen LogP contribution is -2.26. The van der Waals surface area contributed by atoms with E-state index in [1.807, 2.05) is 13.0 Å². The molecule has 0 saturated carbocycles. The molecular formula is C9H13N3O2. The van der Waals surface area contributed by atoms with Crippen molar-refractivity contribution >= 4 is 11.7 Å². The first-order valence-electron chi connectivity index (χ1n) is 4.24. The standard InChI is InChI=1S/C9H13N3O2/c1-6(8-4-3-5-14-8)7(2)11-12-9(10)13/h3-6H,1-2H3,(H3,10,12,13)/b11-7+. The summed E-state index contributed by atoms with van der Waals surface area (Å²) in [7, 11) is 0. The number of carbonyl (C=O) groups excluding carboxylic acids is 1. The molecule has 0 spiro atoms. The van der Waals surface area contributed by atoms with Crippen molar-refractivity contribution in [1.29, 1.82) is 0 Å². The lowest BCUT2D eigenvalue weighted by Gasteiger charge is -2.07. The zero-order valence-corrected chi connectivity index (χ0v) is 8.15. The van der Waals surface area contributed by atoms with E-state index in [1.54, 1.807) is 19.3 Å². The van der Waals surface area contributed by atoms with Gasteiger partial charge in [-0.2, -0.15) is 5.10 Å². The van der Waals surface area contributed by atoms with Gasteiger partial charge in [-0.1, -0.05) is 0 Å². The molecule has 14 heavy (non-hydrogen) atoms. The van der Waals surface area contributed by atoms with Crippen LogP contribution in [0.5, 0.6) is 0 Å². The van der Waals surface area contributed by atoms with Crippen LogP contribution in [0.25, 0.3) is 0 Å². The first-order valence-corrected chi connectivity index (χ1v) is 4.24. The molecule has 5 nitrogen and oxygen atoms in total. The minimum Gasteiger partial charge on any atom is -0.469 e. The number of rotatable bonds is 3. The fraction of sp³-hybridized carbons (Fsp3) is 0.333. The molecule has 1 aromatic rings. The zero-order chi connectivity index (χ0) is 10.6. The van der Waals surface area contributed by atoms with Gasteiger partial charge in [-0.05, 0) is 26.0 Å². The molecular weight excluding hydrogens is 182 g/mol. The third-order valence-electron chi connectivity index (χ3n) is 1.94. The highest BCUT2D eigenvalue weighted by atomic mass is 16.3. The quantitative estimate of drug-likeness (QED) is 0.565. The van der Waals surface area contributed by atoms with Crippen molar-refractivity contribution in [2.75, 3.05) is 0 Å². The SMILES string of the molecule is C/C(=N\NC(N)=O)C(C)c1ccco1. The Hall–Kier alpha value is -1.78. The Morgan fingerprint density at radius 2 is 2.43 bits per heavy atom. The molecule has 1 heterocycles. The number of urea groups is 1. The molecule has 0 bridgehead atoms. The van der Waals surface area contributed by atoms with Crippen LogP contribution < -0.4 is 11.2 Å². The van der Waals surface area contributed by atoms with E-state index in [-0.39, 0.29) is 5.92 Å². The highest BCUT2D eigenvalue weighted by Gasteiger charge is 2.11. The third kappa shape index (κ3) is 2.62. The molecule has 2 amide bonds. The maximum atomic E-state index is 10.4. The number of hydrogen-bond donors (Lipinski definition) is 2. The van der Waals surface area contributed by atoms with Crippen LogP contribution in [0.15, 0.2) is 27.9 Å². The van der Waals surface area contributed by atoms with Crippen LogP contribution in [0.4, 0.5) is 4.79 Å². The number of carbonyl (C=O) groups is 1. The summed E-state index contributed by atoms with van der Waals surface area (Å²) in [5.74, 6) is 0.828. The predicted octanol–water partition coefficient (Wildman–Crippen LogP) is 1.43. The Balaban J connectivity index is 2.65. The first-order chi connectivity index (χ1) is 6.61. The molecule has 0 radical (unpaired) electrons. The molecule has 0 aromatic carbocycles. The van der Waals surface area contributed by atoms with E-state index in [0.29, 0.717) is 0 Å². The molecule has 5 heteroatoms. The molecule has 1 rings (SSSR count). The maximum Gasteiger partial charge on any atom is 0.332 e. The lowest BCUT2D eigenvalue weighted by molar-refractivity contribution is 0.249. The fourth-order valence-electron chi connectivity index (χ4n) is 0.984. The first kappa shape index (κ1) is 10.3. The van der Waals surface area contributed by atoms with Gasteiger partial charge < -0.3 is 10.2 Å². The van der Waals surface area contributed by atoms with Gasteiger partial charge in [0.15, 0.2) is 0 Å². The largest absolute Gasteiger partial charge is 0.469 e. The number of nitrogens with zero attached hydrogens (tertiary/aromatic N) is 1. The highest BCUT2D eigenvalue weighted by Crippen LogP contribution is 2.16. The Bertz CT molecular complexity index is 330. The Labute approximate surface area is 82.0 Å². The molecule has 0 aliphatic rings. The molecule has 0 aliphatic heterocycles. The van der Waals surface area contributed by atoms with E-state index in [1.165, 1.54) is 0 Å². The molecule has 1 unspecified atom stereocenters. The summed E-state index contributed by atoms with van der Waals surface area (Å²) in [6.07, 6.45) is 1.60. The predicted molar refractivity (Wildman–Crippen MR) is 53.0 cm³/mol. The average Bonchev–Trinajstić information content (AvgIpc) is 2.65. The van der Waals surface area contributed by atoms with Crippen LogP contribution in [0.2, 0.25) is 0 Å². The molecule has 0 saturated heterocycles. The summed E-state index contributed by atoms with van der Waals surface area (Å²) < 4.78 is 5.20. The van der Waals surface area contributed by atoms with Gasteiger partial charge in [0.2, 0.25) is 0 Å². The molecule has 1 atom stereocenters. The van der Waals surface area contributed by atoms with Gasteiger partial charge in [0.1, 0.15) is 5.76 Å². The topological polar surface area (TPSA) is 80.6 Å². The average molecular weight is 195 g/mol. The van der Waals surface area contributed by atoms with Crippen LogP contribution in [-0.4, -0.2) is 11.7 Å². The van der Waals surface area contributed by atoms with Crippen molar-refractivity contribution in [2.24, 2.45) is 10.8 Å². The Morgan fingerprint density at radius 1 is 1.71 bits per heavy atom. The van der Waals surface area contributed by atoms with E-state index in [9.17, 15) is 4.79 Å². The number of hydrazone groups is 1. The summed E-state index contributed by atoms with van der Waals surface area (Å²) in [5.41, 5.74) is 7.79. The monoisotopic (exact) mass is 195 g/mol. The van der Waals surface area contributed by atoms with Gasteiger partial charge in [0.05, 0.1) is 12.2 Å². The van der Waals surface area contributed by atoms with Gasteiger partial charge in [-0.3, -0.25) is 0 Å². The summed E-state index contributed by atoms with van der Waals surface area (Å²) in [5, 5.41) is 3.81. The lowest BCUT2D eigenvalue weighted by atomic mass is 10.0. The van der Waals surface area contributed by atoms with Crippen LogP contribution >= 0.6 is 0 Å². The van der Waals surface area contributed by atoms with Crippen LogP contribution in [0.3, 0.4) is 0 Å².